The van der Waals surface area contributed by atoms with Gasteiger partial charge in [-0.15, -0.1) is 0 Å². The lowest BCUT2D eigenvalue weighted by Gasteiger charge is -2.21. The van der Waals surface area contributed by atoms with Crippen LogP contribution in [-0.2, 0) is 16.4 Å². The summed E-state index contributed by atoms with van der Waals surface area (Å²) in [7, 11) is -3.36. The molecule has 4 nitrogen and oxygen atoms in total. The van der Waals surface area contributed by atoms with Crippen LogP contribution in [0.2, 0.25) is 0 Å². The fourth-order valence-electron chi connectivity index (χ4n) is 3.44. The Morgan fingerprint density at radius 3 is 2.78 bits per heavy atom. The molecule has 1 heterocycles. The Bertz CT molecular complexity index is 695. The van der Waals surface area contributed by atoms with Crippen molar-refractivity contribution < 1.29 is 8.42 Å². The minimum absolute atomic E-state index is 0.420. The molecule has 5 heteroatoms. The Morgan fingerprint density at radius 2 is 2.04 bits per heavy atom. The van der Waals surface area contributed by atoms with Crippen LogP contribution in [0.3, 0.4) is 0 Å². The molecule has 1 aliphatic heterocycles. The SMILES string of the molecule is CC(C)N1CC[C@H](CNS(=O)(=O)C2=Cc3ccccc3CC2)C1. The van der Waals surface area contributed by atoms with Crippen LogP contribution in [0.1, 0.15) is 37.8 Å². The zero-order chi connectivity index (χ0) is 16.4. The largest absolute Gasteiger partial charge is 0.301 e. The van der Waals surface area contributed by atoms with Crippen LogP contribution in [0.4, 0.5) is 0 Å². The molecule has 1 aliphatic carbocycles. The standard InChI is InChI=1S/C18H26N2O2S/c1-14(2)20-10-9-15(13-20)12-19-23(21,22)18-8-7-16-5-3-4-6-17(16)11-18/h3-6,11,14-15,19H,7-10,12-13H2,1-2H3/t15-/m1/s1. The van der Waals surface area contributed by atoms with Crippen molar-refractivity contribution in [3.63, 3.8) is 0 Å². The molecule has 3 rings (SSSR count). The minimum Gasteiger partial charge on any atom is -0.301 e. The van der Waals surface area contributed by atoms with E-state index in [2.05, 4.69) is 29.5 Å². The Hall–Kier alpha value is -1.17. The highest BCUT2D eigenvalue weighted by Crippen LogP contribution is 2.27. The average Bonchev–Trinajstić information content (AvgIpc) is 3.02. The zero-order valence-corrected chi connectivity index (χ0v) is 14.8. The molecule has 0 radical (unpaired) electrons. The predicted molar refractivity (Wildman–Crippen MR) is 94.5 cm³/mol. The lowest BCUT2D eigenvalue weighted by atomic mass is 9.98. The van der Waals surface area contributed by atoms with Crippen molar-refractivity contribution >= 4 is 16.1 Å². The monoisotopic (exact) mass is 334 g/mol. The van der Waals surface area contributed by atoms with Crippen molar-refractivity contribution in [2.45, 2.75) is 39.2 Å². The molecule has 0 bridgehead atoms. The van der Waals surface area contributed by atoms with Gasteiger partial charge in [-0.25, -0.2) is 13.1 Å². The summed E-state index contributed by atoms with van der Waals surface area (Å²) in [5.41, 5.74) is 2.26. The van der Waals surface area contributed by atoms with Gasteiger partial charge in [0.1, 0.15) is 0 Å². The summed E-state index contributed by atoms with van der Waals surface area (Å²) in [6.07, 6.45) is 4.29. The van der Waals surface area contributed by atoms with Crippen molar-refractivity contribution in [3.8, 4) is 0 Å². The van der Waals surface area contributed by atoms with E-state index in [1.807, 2.05) is 24.3 Å². The maximum absolute atomic E-state index is 12.6. The van der Waals surface area contributed by atoms with Crippen molar-refractivity contribution in [1.82, 2.24) is 9.62 Å². The van der Waals surface area contributed by atoms with Gasteiger partial charge in [0, 0.05) is 19.1 Å². The molecular weight excluding hydrogens is 308 g/mol. The number of benzene rings is 1. The van der Waals surface area contributed by atoms with Gasteiger partial charge in [-0.1, -0.05) is 24.3 Å². The van der Waals surface area contributed by atoms with E-state index in [1.165, 1.54) is 5.56 Å². The first-order valence-corrected chi connectivity index (χ1v) is 9.96. The second-order valence-corrected chi connectivity index (χ2v) is 8.72. The van der Waals surface area contributed by atoms with Gasteiger partial charge >= 0.3 is 0 Å². The number of aryl methyl sites for hydroxylation is 1. The number of hydrogen-bond acceptors (Lipinski definition) is 3. The van der Waals surface area contributed by atoms with Gasteiger partial charge in [0.25, 0.3) is 0 Å². The summed E-state index contributed by atoms with van der Waals surface area (Å²) < 4.78 is 28.0. The van der Waals surface area contributed by atoms with Gasteiger partial charge in [0.2, 0.25) is 10.0 Å². The Balaban J connectivity index is 1.63. The third kappa shape index (κ3) is 3.84. The summed E-state index contributed by atoms with van der Waals surface area (Å²) >= 11 is 0. The van der Waals surface area contributed by atoms with Crippen LogP contribution >= 0.6 is 0 Å². The van der Waals surface area contributed by atoms with E-state index in [1.54, 1.807) is 0 Å². The van der Waals surface area contributed by atoms with Crippen molar-refractivity contribution in [1.29, 1.82) is 0 Å². The predicted octanol–water partition coefficient (Wildman–Crippen LogP) is 2.62. The fraction of sp³-hybridized carbons (Fsp3) is 0.556. The zero-order valence-electron chi connectivity index (χ0n) is 14.0. The molecule has 1 saturated heterocycles. The molecule has 0 unspecified atom stereocenters. The van der Waals surface area contributed by atoms with Gasteiger partial charge in [-0.2, -0.15) is 0 Å². The van der Waals surface area contributed by atoms with Crippen LogP contribution in [0.15, 0.2) is 29.2 Å². The number of likely N-dealkylation sites (tertiary alicyclic amines) is 1. The maximum Gasteiger partial charge on any atom is 0.236 e. The van der Waals surface area contributed by atoms with Crippen LogP contribution in [0.25, 0.3) is 6.08 Å². The van der Waals surface area contributed by atoms with E-state index in [9.17, 15) is 8.42 Å². The molecule has 126 valence electrons. The van der Waals surface area contributed by atoms with Crippen LogP contribution < -0.4 is 4.72 Å². The van der Waals surface area contributed by atoms with E-state index >= 15 is 0 Å². The quantitative estimate of drug-likeness (QED) is 0.900. The van der Waals surface area contributed by atoms with Gasteiger partial charge in [-0.05, 0) is 62.8 Å². The van der Waals surface area contributed by atoms with Crippen LogP contribution in [0.5, 0.6) is 0 Å². The first kappa shape index (κ1) is 16.7. The molecule has 1 N–H and O–H groups in total. The van der Waals surface area contributed by atoms with E-state index in [4.69, 9.17) is 0 Å². The summed E-state index contributed by atoms with van der Waals surface area (Å²) in [6, 6.07) is 8.56. The normalized spacial score (nSPS) is 22.2. The molecule has 1 atom stereocenters. The van der Waals surface area contributed by atoms with Gasteiger partial charge < -0.3 is 4.90 Å². The molecular formula is C18H26N2O2S. The third-order valence-corrected chi connectivity index (χ3v) is 6.53. The summed E-state index contributed by atoms with van der Waals surface area (Å²) in [5.74, 6) is 0.420. The minimum atomic E-state index is -3.36. The average molecular weight is 334 g/mol. The highest BCUT2D eigenvalue weighted by atomic mass is 32.2. The van der Waals surface area contributed by atoms with E-state index in [-0.39, 0.29) is 0 Å². The van der Waals surface area contributed by atoms with E-state index in [0.29, 0.717) is 29.8 Å². The molecule has 23 heavy (non-hydrogen) atoms. The molecule has 0 spiro atoms. The number of nitrogens with one attached hydrogen (secondary N) is 1. The topological polar surface area (TPSA) is 49.4 Å². The molecule has 1 aromatic rings. The van der Waals surface area contributed by atoms with Crippen molar-refractivity contribution in [3.05, 3.63) is 40.3 Å². The number of rotatable bonds is 5. The van der Waals surface area contributed by atoms with E-state index < -0.39 is 10.0 Å². The number of hydrogen-bond donors (Lipinski definition) is 1. The Kier molecular flexibility index (Phi) is 4.90. The van der Waals surface area contributed by atoms with Crippen LogP contribution in [0, 0.1) is 5.92 Å². The molecule has 0 amide bonds. The summed E-state index contributed by atoms with van der Waals surface area (Å²) in [4.78, 5) is 2.93. The maximum atomic E-state index is 12.6. The first-order chi connectivity index (χ1) is 11.0. The molecule has 0 saturated carbocycles. The number of fused-ring (bicyclic) bond motifs is 1. The highest BCUT2D eigenvalue weighted by molar-refractivity contribution is 7.93. The number of allylic oxidation sites excluding steroid dienone is 1. The van der Waals surface area contributed by atoms with Gasteiger partial charge in [0.15, 0.2) is 0 Å². The van der Waals surface area contributed by atoms with Crippen LogP contribution in [-0.4, -0.2) is 39.0 Å². The first-order valence-electron chi connectivity index (χ1n) is 8.48. The molecule has 2 aliphatic rings. The molecule has 1 fully saturated rings. The lowest BCUT2D eigenvalue weighted by Crippen LogP contribution is -2.33. The fourth-order valence-corrected chi connectivity index (χ4v) is 4.73. The van der Waals surface area contributed by atoms with Gasteiger partial charge in [0.05, 0.1) is 4.91 Å². The smallest absolute Gasteiger partial charge is 0.236 e. The Morgan fingerprint density at radius 1 is 1.26 bits per heavy atom. The number of sulfonamides is 1. The number of nitrogens with zero attached hydrogens (tertiary/aromatic N) is 1. The summed E-state index contributed by atoms with van der Waals surface area (Å²) in [5, 5.41) is 0. The second kappa shape index (κ2) is 6.75. The molecule has 1 aromatic carbocycles. The lowest BCUT2D eigenvalue weighted by molar-refractivity contribution is 0.265. The Labute approximate surface area is 139 Å². The molecule has 0 aromatic heterocycles. The van der Waals surface area contributed by atoms with Crippen molar-refractivity contribution in [2.75, 3.05) is 19.6 Å². The third-order valence-electron chi connectivity index (χ3n) is 4.97. The van der Waals surface area contributed by atoms with Gasteiger partial charge in [-0.3, -0.25) is 0 Å². The summed E-state index contributed by atoms with van der Waals surface area (Å²) in [6.45, 7) is 6.99. The van der Waals surface area contributed by atoms with E-state index in [0.717, 1.165) is 31.5 Å². The second-order valence-electron chi connectivity index (χ2n) is 6.90. The van der Waals surface area contributed by atoms with Crippen molar-refractivity contribution in [2.24, 2.45) is 5.92 Å². The highest BCUT2D eigenvalue weighted by Gasteiger charge is 2.27.